The number of carbonyl (C=O) groups excluding carboxylic acids is 1. The third-order valence-electron chi connectivity index (χ3n) is 5.51. The van der Waals surface area contributed by atoms with Gasteiger partial charge in [-0.25, -0.2) is 23.9 Å². The molecule has 4 rings (SSSR count). The Morgan fingerprint density at radius 3 is 2.82 bits per heavy atom. The van der Waals surface area contributed by atoms with Crippen LogP contribution in [0.2, 0.25) is 0 Å². The number of ketones is 1. The smallest absolute Gasteiger partial charge is 0.333 e. The van der Waals surface area contributed by atoms with Gasteiger partial charge in [0.2, 0.25) is 5.78 Å². The Labute approximate surface area is 194 Å². The molecule has 1 aliphatic rings. The molecule has 0 radical (unpaired) electrons. The summed E-state index contributed by atoms with van der Waals surface area (Å²) in [4.78, 5) is 21.2. The standard InChI is InChI=1S/C21H22F2N6O4S/c22-17-4-2-13(8-18(17)23)10-29-6-5-19(28-29)20(30)16-9-25-12-26-21(16)27-15-3-1-14(7-15)11-33-34(24,31)32/h2,4-6,8-9,12,14-15H,1,3,7,10-11H2,(H2,24,31,32)(H,25,26,27)/t14-,15+/m1/s1. The zero-order valence-corrected chi connectivity index (χ0v) is 18.7. The van der Waals surface area contributed by atoms with E-state index in [1.807, 2.05) is 0 Å². The zero-order chi connectivity index (χ0) is 24.3. The average Bonchev–Trinajstić information content (AvgIpc) is 3.44. The van der Waals surface area contributed by atoms with E-state index >= 15 is 0 Å². The van der Waals surface area contributed by atoms with Crippen LogP contribution in [0.15, 0.2) is 43.0 Å². The molecule has 1 aliphatic carbocycles. The normalized spacial score (nSPS) is 18.2. The maximum atomic E-state index is 13.4. The van der Waals surface area contributed by atoms with Crippen molar-refractivity contribution in [2.45, 2.75) is 31.8 Å². The van der Waals surface area contributed by atoms with E-state index in [4.69, 9.17) is 5.14 Å². The monoisotopic (exact) mass is 492 g/mol. The third-order valence-corrected chi connectivity index (χ3v) is 5.97. The second kappa shape index (κ2) is 9.91. The molecule has 0 amide bonds. The molecule has 3 aromatic rings. The second-order valence-electron chi connectivity index (χ2n) is 8.06. The van der Waals surface area contributed by atoms with Crippen molar-refractivity contribution in [1.29, 1.82) is 0 Å². The lowest BCUT2D eigenvalue weighted by atomic mass is 10.1. The first kappa shape index (κ1) is 23.9. The fourth-order valence-corrected chi connectivity index (χ4v) is 4.27. The molecule has 1 aromatic carbocycles. The highest BCUT2D eigenvalue weighted by atomic mass is 32.2. The number of carbonyl (C=O) groups is 1. The van der Waals surface area contributed by atoms with Crippen LogP contribution in [0.5, 0.6) is 0 Å². The Morgan fingerprint density at radius 1 is 1.24 bits per heavy atom. The van der Waals surface area contributed by atoms with Crippen LogP contribution in [0.4, 0.5) is 14.6 Å². The lowest BCUT2D eigenvalue weighted by Crippen LogP contribution is -2.22. The topological polar surface area (TPSA) is 142 Å². The number of halogens is 2. The van der Waals surface area contributed by atoms with E-state index in [1.165, 1.54) is 29.3 Å². The molecule has 180 valence electrons. The first-order valence-electron chi connectivity index (χ1n) is 10.4. The summed E-state index contributed by atoms with van der Waals surface area (Å²) in [6.07, 6.45) is 6.36. The maximum Gasteiger partial charge on any atom is 0.333 e. The van der Waals surface area contributed by atoms with Crippen LogP contribution in [0.3, 0.4) is 0 Å². The number of benzene rings is 1. The Balaban J connectivity index is 1.42. The molecule has 0 aliphatic heterocycles. The third kappa shape index (κ3) is 5.98. The van der Waals surface area contributed by atoms with E-state index in [0.29, 0.717) is 17.8 Å². The summed E-state index contributed by atoms with van der Waals surface area (Å²) in [5.41, 5.74) is 0.865. The van der Waals surface area contributed by atoms with Gasteiger partial charge in [0.15, 0.2) is 11.6 Å². The van der Waals surface area contributed by atoms with Crippen LogP contribution < -0.4 is 10.5 Å². The molecule has 13 heteroatoms. The predicted octanol–water partition coefficient (Wildman–Crippen LogP) is 2.03. The minimum Gasteiger partial charge on any atom is -0.367 e. The number of hydrogen-bond donors (Lipinski definition) is 2. The van der Waals surface area contributed by atoms with Crippen LogP contribution >= 0.6 is 0 Å². The van der Waals surface area contributed by atoms with Gasteiger partial charge >= 0.3 is 10.3 Å². The number of rotatable bonds is 9. The van der Waals surface area contributed by atoms with Crippen molar-refractivity contribution in [3.63, 3.8) is 0 Å². The van der Waals surface area contributed by atoms with Gasteiger partial charge in [0.25, 0.3) is 0 Å². The number of hydrogen-bond acceptors (Lipinski definition) is 8. The molecule has 10 nitrogen and oxygen atoms in total. The summed E-state index contributed by atoms with van der Waals surface area (Å²) >= 11 is 0. The van der Waals surface area contributed by atoms with E-state index in [0.717, 1.165) is 25.0 Å². The van der Waals surface area contributed by atoms with Crippen molar-refractivity contribution in [2.75, 3.05) is 11.9 Å². The fraction of sp³-hybridized carbons (Fsp3) is 0.333. The Morgan fingerprint density at radius 2 is 2.06 bits per heavy atom. The molecule has 0 saturated heterocycles. The SMILES string of the molecule is NS(=O)(=O)OC[C@@H]1CC[C@H](Nc2ncncc2C(=O)c2ccn(Cc3ccc(F)c(F)c3)n2)C1. The average molecular weight is 493 g/mol. The molecule has 34 heavy (non-hydrogen) atoms. The van der Waals surface area contributed by atoms with Crippen LogP contribution in [0.1, 0.15) is 40.9 Å². The molecule has 1 saturated carbocycles. The van der Waals surface area contributed by atoms with Gasteiger partial charge in [-0.1, -0.05) is 6.07 Å². The van der Waals surface area contributed by atoms with E-state index in [-0.39, 0.29) is 36.4 Å². The van der Waals surface area contributed by atoms with Gasteiger partial charge in [-0.3, -0.25) is 13.7 Å². The van der Waals surface area contributed by atoms with Gasteiger partial charge in [0, 0.05) is 18.4 Å². The second-order valence-corrected chi connectivity index (χ2v) is 9.28. The van der Waals surface area contributed by atoms with Gasteiger partial charge in [0.1, 0.15) is 17.8 Å². The molecule has 3 N–H and O–H groups in total. The summed E-state index contributed by atoms with van der Waals surface area (Å²) in [7, 11) is -3.99. The van der Waals surface area contributed by atoms with Gasteiger partial charge in [-0.05, 0) is 48.9 Å². The summed E-state index contributed by atoms with van der Waals surface area (Å²) in [6, 6.07) is 5.04. The molecule has 1 fully saturated rings. The minimum atomic E-state index is -3.99. The number of anilines is 1. The summed E-state index contributed by atoms with van der Waals surface area (Å²) < 4.78 is 54.7. The summed E-state index contributed by atoms with van der Waals surface area (Å²) in [6.45, 7) is 0.160. The zero-order valence-electron chi connectivity index (χ0n) is 17.9. The number of aromatic nitrogens is 4. The lowest BCUT2D eigenvalue weighted by molar-refractivity contribution is 0.103. The van der Waals surface area contributed by atoms with Crippen LogP contribution in [0.25, 0.3) is 0 Å². The lowest BCUT2D eigenvalue weighted by Gasteiger charge is -2.15. The number of nitrogens with two attached hydrogens (primary N) is 1. The fourth-order valence-electron chi connectivity index (χ4n) is 3.89. The van der Waals surface area contributed by atoms with Gasteiger partial charge in [-0.2, -0.15) is 13.5 Å². The van der Waals surface area contributed by atoms with Gasteiger partial charge < -0.3 is 5.32 Å². The first-order chi connectivity index (χ1) is 16.2. The highest BCUT2D eigenvalue weighted by Crippen LogP contribution is 2.29. The van der Waals surface area contributed by atoms with E-state index < -0.39 is 27.7 Å². The molecular weight excluding hydrogens is 470 g/mol. The van der Waals surface area contributed by atoms with Crippen molar-refractivity contribution < 1.29 is 26.2 Å². The Hall–Kier alpha value is -3.29. The predicted molar refractivity (Wildman–Crippen MR) is 117 cm³/mol. The van der Waals surface area contributed by atoms with Gasteiger partial charge in [-0.15, -0.1) is 0 Å². The van der Waals surface area contributed by atoms with Crippen LogP contribution in [0, 0.1) is 17.6 Å². The number of nitrogens with zero attached hydrogens (tertiary/aromatic N) is 4. The van der Waals surface area contributed by atoms with E-state index in [9.17, 15) is 22.0 Å². The molecule has 2 aromatic heterocycles. The van der Waals surface area contributed by atoms with Crippen molar-refractivity contribution in [3.8, 4) is 0 Å². The number of nitrogens with one attached hydrogen (secondary N) is 1. The molecular formula is C21H22F2N6O4S. The molecule has 0 spiro atoms. The van der Waals surface area contributed by atoms with Crippen molar-refractivity contribution in [1.82, 2.24) is 19.7 Å². The highest BCUT2D eigenvalue weighted by Gasteiger charge is 2.28. The Bertz CT molecular complexity index is 1300. The van der Waals surface area contributed by atoms with Crippen molar-refractivity contribution in [2.24, 2.45) is 11.1 Å². The van der Waals surface area contributed by atoms with Gasteiger partial charge in [0.05, 0.1) is 18.7 Å². The molecule has 2 atom stereocenters. The van der Waals surface area contributed by atoms with E-state index in [1.54, 1.807) is 6.20 Å². The highest BCUT2D eigenvalue weighted by molar-refractivity contribution is 7.84. The van der Waals surface area contributed by atoms with E-state index in [2.05, 4.69) is 24.6 Å². The summed E-state index contributed by atoms with van der Waals surface area (Å²) in [5.74, 6) is -1.95. The van der Waals surface area contributed by atoms with Crippen molar-refractivity contribution >= 4 is 21.9 Å². The van der Waals surface area contributed by atoms with Crippen molar-refractivity contribution in [3.05, 3.63) is 71.4 Å². The quantitative estimate of drug-likeness (QED) is 0.432. The van der Waals surface area contributed by atoms with Crippen LogP contribution in [-0.2, 0) is 21.0 Å². The molecule has 0 bridgehead atoms. The Kier molecular flexibility index (Phi) is 6.95. The summed E-state index contributed by atoms with van der Waals surface area (Å²) in [5, 5.41) is 12.4. The first-order valence-corrected chi connectivity index (χ1v) is 11.9. The molecule has 2 heterocycles. The maximum absolute atomic E-state index is 13.4. The minimum absolute atomic E-state index is 0.00195. The largest absolute Gasteiger partial charge is 0.367 e. The molecule has 0 unspecified atom stereocenters. The van der Waals surface area contributed by atoms with Crippen LogP contribution in [-0.4, -0.2) is 46.6 Å².